The van der Waals surface area contributed by atoms with Crippen molar-refractivity contribution in [3.63, 3.8) is 0 Å². The molecule has 3 N–H and O–H groups in total. The number of nitrogens with zero attached hydrogens (tertiary/aromatic N) is 3. The number of hydrogen-bond acceptors (Lipinski definition) is 5. The van der Waals surface area contributed by atoms with E-state index < -0.39 is 0 Å². The van der Waals surface area contributed by atoms with Gasteiger partial charge in [0, 0.05) is 30.7 Å². The molecule has 2 fully saturated rings. The topological polar surface area (TPSA) is 84.1 Å². The van der Waals surface area contributed by atoms with Crippen molar-refractivity contribution in [1.82, 2.24) is 9.97 Å². The Bertz CT molecular complexity index is 1180. The highest BCUT2D eigenvalue weighted by Gasteiger charge is 2.28. The summed E-state index contributed by atoms with van der Waals surface area (Å²) in [4.78, 5) is 24.4. The summed E-state index contributed by atoms with van der Waals surface area (Å²) in [7, 11) is 0. The van der Waals surface area contributed by atoms with Crippen LogP contribution in [0.1, 0.15) is 67.3 Å². The monoisotopic (exact) mass is 461 g/mol. The van der Waals surface area contributed by atoms with Gasteiger partial charge in [-0.2, -0.15) is 0 Å². The van der Waals surface area contributed by atoms with E-state index in [1.807, 2.05) is 12.1 Å². The van der Waals surface area contributed by atoms with Crippen molar-refractivity contribution in [1.29, 1.82) is 0 Å². The van der Waals surface area contributed by atoms with Crippen LogP contribution in [0.5, 0.6) is 0 Å². The fourth-order valence-electron chi connectivity index (χ4n) is 5.65. The van der Waals surface area contributed by atoms with Crippen LogP contribution in [0.15, 0.2) is 42.9 Å². The minimum Gasteiger partial charge on any atom is -0.370 e. The molecule has 3 atom stereocenters. The standard InChI is InChI=1S/C27H32FN5O/c1-17-11-18(13-19(29)12-17)21-7-8-30-16-25(21)32-27(34)22-5-6-24(28)23-14-20(15-31-26(22)23)33-9-3-2-4-10-33/h5-8,14-19H,2-4,9-13,29H2,1H3,(H,32,34)/t17-,18+,19-/m0/s1. The van der Waals surface area contributed by atoms with Crippen molar-refractivity contribution in [2.75, 3.05) is 23.3 Å². The third kappa shape index (κ3) is 4.62. The average Bonchev–Trinajstić information content (AvgIpc) is 2.84. The highest BCUT2D eigenvalue weighted by molar-refractivity contribution is 6.12. The summed E-state index contributed by atoms with van der Waals surface area (Å²) in [6.07, 6.45) is 11.6. The quantitative estimate of drug-likeness (QED) is 0.555. The highest BCUT2D eigenvalue weighted by Crippen LogP contribution is 2.38. The van der Waals surface area contributed by atoms with Crippen LogP contribution < -0.4 is 16.0 Å². The molecule has 1 saturated heterocycles. The molecule has 1 amide bonds. The fraction of sp³-hybridized carbons (Fsp3) is 0.444. The summed E-state index contributed by atoms with van der Waals surface area (Å²) in [6.45, 7) is 4.12. The third-order valence-corrected chi connectivity index (χ3v) is 7.27. The smallest absolute Gasteiger partial charge is 0.257 e. The van der Waals surface area contributed by atoms with E-state index in [0.29, 0.717) is 28.1 Å². The number of halogens is 1. The Morgan fingerprint density at radius 2 is 1.94 bits per heavy atom. The van der Waals surface area contributed by atoms with Crippen LogP contribution in [0, 0.1) is 11.7 Å². The summed E-state index contributed by atoms with van der Waals surface area (Å²) in [6, 6.07) is 6.81. The van der Waals surface area contributed by atoms with E-state index in [4.69, 9.17) is 5.73 Å². The van der Waals surface area contributed by atoms with Crippen LogP contribution >= 0.6 is 0 Å². The van der Waals surface area contributed by atoms with Crippen LogP contribution in [0.3, 0.4) is 0 Å². The first-order chi connectivity index (χ1) is 16.5. The molecule has 34 heavy (non-hydrogen) atoms. The number of fused-ring (bicyclic) bond motifs is 1. The second kappa shape index (κ2) is 9.66. The first-order valence-electron chi connectivity index (χ1n) is 12.3. The van der Waals surface area contributed by atoms with E-state index in [9.17, 15) is 9.18 Å². The first-order valence-corrected chi connectivity index (χ1v) is 12.3. The molecule has 1 aliphatic carbocycles. The minimum absolute atomic E-state index is 0.157. The molecule has 0 unspecified atom stereocenters. The van der Waals surface area contributed by atoms with Gasteiger partial charge in [0.1, 0.15) is 5.82 Å². The van der Waals surface area contributed by atoms with Crippen molar-refractivity contribution in [3.8, 4) is 0 Å². The van der Waals surface area contributed by atoms with Crippen molar-refractivity contribution in [3.05, 3.63) is 59.8 Å². The van der Waals surface area contributed by atoms with Gasteiger partial charge in [-0.15, -0.1) is 0 Å². The number of pyridine rings is 2. The Morgan fingerprint density at radius 3 is 2.74 bits per heavy atom. The minimum atomic E-state index is -0.370. The second-order valence-electron chi connectivity index (χ2n) is 9.92. The molecule has 6 nitrogen and oxygen atoms in total. The second-order valence-corrected chi connectivity index (χ2v) is 9.92. The number of rotatable bonds is 4. The number of piperidine rings is 1. The molecule has 3 aromatic rings. The van der Waals surface area contributed by atoms with E-state index in [1.165, 1.54) is 18.6 Å². The zero-order chi connectivity index (χ0) is 23.7. The summed E-state index contributed by atoms with van der Waals surface area (Å²) in [5.74, 6) is 0.118. The van der Waals surface area contributed by atoms with Gasteiger partial charge < -0.3 is 16.0 Å². The lowest BCUT2D eigenvalue weighted by atomic mass is 9.76. The summed E-state index contributed by atoms with van der Waals surface area (Å²) in [5, 5.41) is 3.40. The van der Waals surface area contributed by atoms with E-state index in [0.717, 1.165) is 56.4 Å². The van der Waals surface area contributed by atoms with E-state index in [2.05, 4.69) is 27.1 Å². The number of nitrogens with one attached hydrogen (secondary N) is 1. The molecular formula is C27H32FN5O. The predicted octanol–water partition coefficient (Wildman–Crippen LogP) is 5.24. The Morgan fingerprint density at radius 1 is 1.12 bits per heavy atom. The normalized spacial score (nSPS) is 23.1. The van der Waals surface area contributed by atoms with Crippen molar-refractivity contribution in [2.24, 2.45) is 11.7 Å². The number of benzene rings is 1. The number of carbonyl (C=O) groups excluding carboxylic acids is 1. The molecule has 5 rings (SSSR count). The number of hydrogen-bond donors (Lipinski definition) is 2. The molecule has 1 saturated carbocycles. The van der Waals surface area contributed by atoms with Gasteiger partial charge in [-0.05, 0) is 80.2 Å². The van der Waals surface area contributed by atoms with Crippen molar-refractivity contribution < 1.29 is 9.18 Å². The largest absolute Gasteiger partial charge is 0.370 e. The molecule has 0 bridgehead atoms. The predicted molar refractivity (Wildman–Crippen MR) is 134 cm³/mol. The lowest BCUT2D eigenvalue weighted by Gasteiger charge is -2.32. The fourth-order valence-corrected chi connectivity index (χ4v) is 5.65. The van der Waals surface area contributed by atoms with Gasteiger partial charge in [0.25, 0.3) is 5.91 Å². The van der Waals surface area contributed by atoms with Gasteiger partial charge in [0.05, 0.1) is 34.8 Å². The number of anilines is 2. The van der Waals surface area contributed by atoms with Crippen molar-refractivity contribution in [2.45, 2.75) is 57.4 Å². The molecule has 2 aliphatic rings. The van der Waals surface area contributed by atoms with Gasteiger partial charge in [-0.1, -0.05) is 6.92 Å². The molecular weight excluding hydrogens is 429 g/mol. The number of carbonyl (C=O) groups is 1. The Hall–Kier alpha value is -3.06. The molecule has 0 spiro atoms. The van der Waals surface area contributed by atoms with Gasteiger partial charge in [-0.25, -0.2) is 4.39 Å². The summed E-state index contributed by atoms with van der Waals surface area (Å²) < 4.78 is 14.8. The maximum absolute atomic E-state index is 14.8. The molecule has 1 aromatic carbocycles. The van der Waals surface area contributed by atoms with Crippen LogP contribution in [-0.4, -0.2) is 35.0 Å². The highest BCUT2D eigenvalue weighted by atomic mass is 19.1. The summed E-state index contributed by atoms with van der Waals surface area (Å²) >= 11 is 0. The first kappa shape index (κ1) is 22.7. The number of amides is 1. The Labute approximate surface area is 199 Å². The zero-order valence-corrected chi connectivity index (χ0v) is 19.6. The van der Waals surface area contributed by atoms with Gasteiger partial charge in [0.2, 0.25) is 0 Å². The van der Waals surface area contributed by atoms with Crippen molar-refractivity contribution >= 4 is 28.2 Å². The van der Waals surface area contributed by atoms with Crippen LogP contribution in [0.4, 0.5) is 15.8 Å². The lowest BCUT2D eigenvalue weighted by Crippen LogP contribution is -2.31. The van der Waals surface area contributed by atoms with E-state index in [-0.39, 0.29) is 23.7 Å². The zero-order valence-electron chi connectivity index (χ0n) is 19.6. The number of aromatic nitrogens is 2. The van der Waals surface area contributed by atoms with Gasteiger partial charge in [0.15, 0.2) is 0 Å². The SMILES string of the molecule is C[C@@H]1C[C@H](N)C[C@H](c2ccncc2NC(=O)c2ccc(F)c3cc(N4CCCCC4)cnc23)C1. The molecule has 178 valence electrons. The lowest BCUT2D eigenvalue weighted by molar-refractivity contribution is 0.102. The third-order valence-electron chi connectivity index (χ3n) is 7.27. The molecule has 7 heteroatoms. The number of nitrogens with two attached hydrogens (primary N) is 1. The molecule has 0 radical (unpaired) electrons. The molecule has 3 heterocycles. The maximum Gasteiger partial charge on any atom is 0.257 e. The Kier molecular flexibility index (Phi) is 6.46. The molecule has 2 aromatic heterocycles. The van der Waals surface area contributed by atoms with Crippen LogP contribution in [0.25, 0.3) is 10.9 Å². The van der Waals surface area contributed by atoms with Crippen LogP contribution in [-0.2, 0) is 0 Å². The summed E-state index contributed by atoms with van der Waals surface area (Å²) in [5.41, 5.74) is 9.65. The van der Waals surface area contributed by atoms with Crippen LogP contribution in [0.2, 0.25) is 0 Å². The van der Waals surface area contributed by atoms with E-state index >= 15 is 0 Å². The maximum atomic E-state index is 14.8. The Balaban J connectivity index is 1.44. The van der Waals surface area contributed by atoms with Gasteiger partial charge in [-0.3, -0.25) is 14.8 Å². The molecule has 1 aliphatic heterocycles. The van der Waals surface area contributed by atoms with E-state index in [1.54, 1.807) is 18.6 Å². The van der Waals surface area contributed by atoms with Gasteiger partial charge >= 0.3 is 0 Å². The average molecular weight is 462 g/mol.